The van der Waals surface area contributed by atoms with E-state index in [0.29, 0.717) is 24.4 Å². The van der Waals surface area contributed by atoms with E-state index in [0.717, 1.165) is 12.8 Å². The molecule has 4 rings (SSSR count). The van der Waals surface area contributed by atoms with Gasteiger partial charge < -0.3 is 10.2 Å². The molecule has 0 atom stereocenters. The maximum absolute atomic E-state index is 12.9. The molecule has 1 aromatic heterocycles. The molecule has 2 heterocycles. The molecule has 166 valence electrons. The number of thioether (sulfide) groups is 1. The number of rotatable bonds is 7. The molecule has 0 unspecified atom stereocenters. The largest absolute Gasteiger partial charge is 0.349 e. The van der Waals surface area contributed by atoms with Crippen LogP contribution in [0.5, 0.6) is 0 Å². The van der Waals surface area contributed by atoms with E-state index in [-0.39, 0.29) is 23.1 Å². The number of aryl methyl sites for hydroxylation is 1. The maximum Gasteiger partial charge on any atom is 0.254 e. The predicted molar refractivity (Wildman–Crippen MR) is 127 cm³/mol. The van der Waals surface area contributed by atoms with Gasteiger partial charge in [0.2, 0.25) is 5.91 Å². The fourth-order valence-electron chi connectivity index (χ4n) is 3.97. The number of carbonyl (C=O) groups excluding carboxylic acids is 2. The van der Waals surface area contributed by atoms with E-state index in [4.69, 9.17) is 0 Å². The molecule has 6 nitrogen and oxygen atoms in total. The summed E-state index contributed by atoms with van der Waals surface area (Å²) in [7, 11) is 1.79. The summed E-state index contributed by atoms with van der Waals surface area (Å²) in [6.07, 6.45) is 4.81. The van der Waals surface area contributed by atoms with Gasteiger partial charge in [0.05, 0.1) is 22.8 Å². The minimum absolute atomic E-state index is 0.0841. The molecular formula is C25H28N4O2S. The molecule has 0 spiro atoms. The summed E-state index contributed by atoms with van der Waals surface area (Å²) in [5.41, 5.74) is 2.97. The standard InChI is InChI=1S/C25H28N4O2S/c1-28-17-21(16-26-28)25(31)27-22-12-14-29(15-13-22)23(30)18-32-24(19-8-4-2-5-9-19)20-10-6-3-7-11-20/h2-11,16-17,22,24H,12-15,18H2,1H3,(H,27,31). The Morgan fingerprint density at radius 3 is 2.16 bits per heavy atom. The van der Waals surface area contributed by atoms with Crippen LogP contribution in [-0.4, -0.2) is 51.4 Å². The number of benzene rings is 2. The summed E-state index contributed by atoms with van der Waals surface area (Å²) >= 11 is 1.67. The van der Waals surface area contributed by atoms with E-state index in [1.807, 2.05) is 41.3 Å². The molecule has 1 saturated heterocycles. The van der Waals surface area contributed by atoms with Crippen molar-refractivity contribution in [1.82, 2.24) is 20.0 Å². The first-order chi connectivity index (χ1) is 15.6. The smallest absolute Gasteiger partial charge is 0.254 e. The van der Waals surface area contributed by atoms with Crippen LogP contribution in [0.1, 0.15) is 39.6 Å². The van der Waals surface area contributed by atoms with Crippen molar-refractivity contribution in [2.24, 2.45) is 7.05 Å². The number of piperidine rings is 1. The van der Waals surface area contributed by atoms with E-state index in [9.17, 15) is 9.59 Å². The van der Waals surface area contributed by atoms with Gasteiger partial charge in [-0.05, 0) is 24.0 Å². The molecule has 1 aliphatic heterocycles. The molecular weight excluding hydrogens is 420 g/mol. The first-order valence-corrected chi connectivity index (χ1v) is 11.9. The van der Waals surface area contributed by atoms with Crippen LogP contribution < -0.4 is 5.32 Å². The van der Waals surface area contributed by atoms with Crippen molar-refractivity contribution in [2.75, 3.05) is 18.8 Å². The molecule has 2 amide bonds. The van der Waals surface area contributed by atoms with Gasteiger partial charge in [0.15, 0.2) is 0 Å². The van der Waals surface area contributed by atoms with Crippen molar-refractivity contribution in [3.05, 3.63) is 89.7 Å². The molecule has 1 aliphatic rings. The molecule has 0 saturated carbocycles. The van der Waals surface area contributed by atoms with Gasteiger partial charge in [0.25, 0.3) is 5.91 Å². The Morgan fingerprint density at radius 1 is 1.03 bits per heavy atom. The van der Waals surface area contributed by atoms with Crippen molar-refractivity contribution in [2.45, 2.75) is 24.1 Å². The maximum atomic E-state index is 12.9. The van der Waals surface area contributed by atoms with E-state index in [1.165, 1.54) is 11.1 Å². The lowest BCUT2D eigenvalue weighted by Gasteiger charge is -2.32. The molecule has 7 heteroatoms. The Morgan fingerprint density at radius 2 is 1.62 bits per heavy atom. The molecule has 0 aliphatic carbocycles. The number of likely N-dealkylation sites (tertiary alicyclic amines) is 1. The van der Waals surface area contributed by atoms with Crippen LogP contribution in [0.15, 0.2) is 73.1 Å². The second-order valence-electron chi connectivity index (χ2n) is 8.04. The third-order valence-corrected chi connectivity index (χ3v) is 7.02. The van der Waals surface area contributed by atoms with Crippen LogP contribution in [0, 0.1) is 0 Å². The number of aromatic nitrogens is 2. The van der Waals surface area contributed by atoms with Crippen LogP contribution >= 0.6 is 11.8 Å². The Hall–Kier alpha value is -3.06. The van der Waals surface area contributed by atoms with Crippen LogP contribution in [-0.2, 0) is 11.8 Å². The van der Waals surface area contributed by atoms with Crippen LogP contribution in [0.25, 0.3) is 0 Å². The number of carbonyl (C=O) groups is 2. The SMILES string of the molecule is Cn1cc(C(=O)NC2CCN(C(=O)CSC(c3ccccc3)c3ccccc3)CC2)cn1. The van der Waals surface area contributed by atoms with Crippen molar-refractivity contribution in [3.63, 3.8) is 0 Å². The van der Waals surface area contributed by atoms with Gasteiger partial charge in [-0.3, -0.25) is 14.3 Å². The minimum Gasteiger partial charge on any atom is -0.349 e. The van der Waals surface area contributed by atoms with Gasteiger partial charge in [-0.25, -0.2) is 0 Å². The number of nitrogens with zero attached hydrogens (tertiary/aromatic N) is 3. The van der Waals surface area contributed by atoms with Crippen molar-refractivity contribution in [1.29, 1.82) is 0 Å². The van der Waals surface area contributed by atoms with Gasteiger partial charge in [-0.15, -0.1) is 11.8 Å². The average Bonchev–Trinajstić information content (AvgIpc) is 3.27. The highest BCUT2D eigenvalue weighted by Crippen LogP contribution is 2.35. The van der Waals surface area contributed by atoms with Crippen LogP contribution in [0.4, 0.5) is 0 Å². The summed E-state index contributed by atoms with van der Waals surface area (Å²) in [4.78, 5) is 27.2. The van der Waals surface area contributed by atoms with Gasteiger partial charge in [0.1, 0.15) is 0 Å². The van der Waals surface area contributed by atoms with Crippen LogP contribution in [0.2, 0.25) is 0 Å². The molecule has 3 aromatic rings. The van der Waals surface area contributed by atoms with E-state index in [1.54, 1.807) is 35.9 Å². The average molecular weight is 449 g/mol. The predicted octanol–water partition coefficient (Wildman–Crippen LogP) is 3.66. The Balaban J connectivity index is 1.30. The number of nitrogens with one attached hydrogen (secondary N) is 1. The second-order valence-corrected chi connectivity index (χ2v) is 9.14. The lowest BCUT2D eigenvalue weighted by molar-refractivity contribution is -0.129. The van der Waals surface area contributed by atoms with Crippen molar-refractivity contribution >= 4 is 23.6 Å². The zero-order valence-corrected chi connectivity index (χ0v) is 19.0. The first-order valence-electron chi connectivity index (χ1n) is 10.9. The number of amides is 2. The van der Waals surface area contributed by atoms with E-state index in [2.05, 4.69) is 34.7 Å². The zero-order chi connectivity index (χ0) is 22.3. The summed E-state index contributed by atoms with van der Waals surface area (Å²) in [5.74, 6) is 0.483. The fourth-order valence-corrected chi connectivity index (χ4v) is 5.16. The highest BCUT2D eigenvalue weighted by molar-refractivity contribution is 8.00. The fraction of sp³-hybridized carbons (Fsp3) is 0.320. The van der Waals surface area contributed by atoms with Crippen molar-refractivity contribution < 1.29 is 9.59 Å². The summed E-state index contributed by atoms with van der Waals surface area (Å²) < 4.78 is 1.62. The highest BCUT2D eigenvalue weighted by Gasteiger charge is 2.25. The van der Waals surface area contributed by atoms with Gasteiger partial charge in [-0.2, -0.15) is 5.10 Å². The third kappa shape index (κ3) is 5.59. The van der Waals surface area contributed by atoms with E-state index < -0.39 is 0 Å². The Kier molecular flexibility index (Phi) is 7.27. The normalized spacial score (nSPS) is 14.5. The second kappa shape index (κ2) is 10.5. The van der Waals surface area contributed by atoms with Gasteiger partial charge in [-0.1, -0.05) is 60.7 Å². The minimum atomic E-state index is -0.105. The molecule has 0 bridgehead atoms. The molecule has 1 fully saturated rings. The quantitative estimate of drug-likeness (QED) is 0.599. The number of hydrogen-bond donors (Lipinski definition) is 1. The summed E-state index contributed by atoms with van der Waals surface area (Å²) in [6.45, 7) is 1.33. The van der Waals surface area contributed by atoms with Crippen LogP contribution in [0.3, 0.4) is 0 Å². The number of hydrogen-bond acceptors (Lipinski definition) is 4. The summed E-state index contributed by atoms with van der Waals surface area (Å²) in [5, 5.41) is 7.23. The molecule has 0 radical (unpaired) electrons. The molecule has 2 aromatic carbocycles. The monoisotopic (exact) mass is 448 g/mol. The Bertz CT molecular complexity index is 991. The van der Waals surface area contributed by atoms with E-state index >= 15 is 0 Å². The third-order valence-electron chi connectivity index (χ3n) is 5.73. The highest BCUT2D eigenvalue weighted by atomic mass is 32.2. The Labute approximate surface area is 193 Å². The zero-order valence-electron chi connectivity index (χ0n) is 18.2. The van der Waals surface area contributed by atoms with Gasteiger partial charge >= 0.3 is 0 Å². The van der Waals surface area contributed by atoms with Crippen molar-refractivity contribution in [3.8, 4) is 0 Å². The topological polar surface area (TPSA) is 67.2 Å². The lowest BCUT2D eigenvalue weighted by Crippen LogP contribution is -2.47. The lowest BCUT2D eigenvalue weighted by atomic mass is 10.0. The molecule has 1 N–H and O–H groups in total. The first kappa shape index (κ1) is 22.1. The molecule has 32 heavy (non-hydrogen) atoms. The van der Waals surface area contributed by atoms with Gasteiger partial charge in [0, 0.05) is 32.4 Å². The summed E-state index contributed by atoms with van der Waals surface area (Å²) in [6, 6.07) is 20.7.